The quantitative estimate of drug-likeness (QED) is 0.861. The lowest BCUT2D eigenvalue weighted by Gasteiger charge is -2.40. The fourth-order valence-electron chi connectivity index (χ4n) is 3.64. The second-order valence-electron chi connectivity index (χ2n) is 6.77. The van der Waals surface area contributed by atoms with Crippen LogP contribution in [-0.2, 0) is 16.1 Å². The number of rotatable bonds is 6. The number of carboxylic acid groups (broad SMARTS) is 1. The molecule has 1 atom stereocenters. The van der Waals surface area contributed by atoms with E-state index in [1.165, 1.54) is 0 Å². The minimum atomic E-state index is -0.716. The SMILES string of the molecule is COCC[C@]1(C(=O)O)CCCN(Cc2cc3c(cc2C)OCO3)C1. The van der Waals surface area contributed by atoms with Crippen molar-refractivity contribution in [3.8, 4) is 11.5 Å². The summed E-state index contributed by atoms with van der Waals surface area (Å²) in [6, 6.07) is 4.01. The monoisotopic (exact) mass is 335 g/mol. The van der Waals surface area contributed by atoms with Gasteiger partial charge >= 0.3 is 5.97 Å². The standard InChI is InChI=1S/C18H25NO5/c1-13-8-15-16(24-12-23-15)9-14(13)10-19-6-3-4-18(11-19,17(20)21)5-7-22-2/h8-9H,3-7,10-12H2,1-2H3,(H,20,21)/t18-/m1/s1. The number of carbonyl (C=O) groups is 1. The first-order chi connectivity index (χ1) is 11.5. The molecule has 0 radical (unpaired) electrons. The second-order valence-corrected chi connectivity index (χ2v) is 6.77. The molecule has 1 saturated heterocycles. The minimum absolute atomic E-state index is 0.265. The summed E-state index contributed by atoms with van der Waals surface area (Å²) < 4.78 is 16.0. The van der Waals surface area contributed by atoms with Gasteiger partial charge in [0.25, 0.3) is 0 Å². The molecule has 0 unspecified atom stereocenters. The molecule has 3 rings (SSSR count). The number of aliphatic carboxylic acids is 1. The maximum atomic E-state index is 11.9. The van der Waals surface area contributed by atoms with Gasteiger partial charge in [0.1, 0.15) is 0 Å². The van der Waals surface area contributed by atoms with Gasteiger partial charge in [-0.3, -0.25) is 9.69 Å². The molecule has 2 heterocycles. The predicted molar refractivity (Wildman–Crippen MR) is 88.4 cm³/mol. The molecule has 132 valence electrons. The molecular formula is C18H25NO5. The maximum absolute atomic E-state index is 11.9. The highest BCUT2D eigenvalue weighted by Crippen LogP contribution is 2.37. The molecular weight excluding hydrogens is 310 g/mol. The van der Waals surface area contributed by atoms with Crippen molar-refractivity contribution in [2.75, 3.05) is 33.6 Å². The molecule has 24 heavy (non-hydrogen) atoms. The number of hydrogen-bond donors (Lipinski definition) is 1. The summed E-state index contributed by atoms with van der Waals surface area (Å²) in [5.74, 6) is 0.845. The van der Waals surface area contributed by atoms with E-state index in [9.17, 15) is 9.90 Å². The molecule has 0 saturated carbocycles. The number of methoxy groups -OCH3 is 1. The number of piperidine rings is 1. The van der Waals surface area contributed by atoms with E-state index in [-0.39, 0.29) is 6.79 Å². The zero-order valence-electron chi connectivity index (χ0n) is 14.3. The molecule has 1 N–H and O–H groups in total. The predicted octanol–water partition coefficient (Wildman–Crippen LogP) is 2.43. The van der Waals surface area contributed by atoms with E-state index in [0.29, 0.717) is 26.0 Å². The maximum Gasteiger partial charge on any atom is 0.311 e. The van der Waals surface area contributed by atoms with Gasteiger partial charge < -0.3 is 19.3 Å². The summed E-state index contributed by atoms with van der Waals surface area (Å²) in [7, 11) is 1.62. The minimum Gasteiger partial charge on any atom is -0.481 e. The first-order valence-electron chi connectivity index (χ1n) is 8.38. The molecule has 0 aliphatic carbocycles. The number of benzene rings is 1. The van der Waals surface area contributed by atoms with Gasteiger partial charge in [0, 0.05) is 26.8 Å². The molecule has 2 aliphatic heterocycles. The fraction of sp³-hybridized carbons (Fsp3) is 0.611. The number of nitrogens with zero attached hydrogens (tertiary/aromatic N) is 1. The van der Waals surface area contributed by atoms with E-state index in [1.54, 1.807) is 7.11 Å². The summed E-state index contributed by atoms with van der Waals surface area (Å²) >= 11 is 0. The van der Waals surface area contributed by atoms with Crippen molar-refractivity contribution in [3.05, 3.63) is 23.3 Å². The number of hydrogen-bond acceptors (Lipinski definition) is 5. The van der Waals surface area contributed by atoms with Crippen LogP contribution in [0.15, 0.2) is 12.1 Å². The van der Waals surface area contributed by atoms with Crippen molar-refractivity contribution in [1.82, 2.24) is 4.90 Å². The van der Waals surface area contributed by atoms with Crippen molar-refractivity contribution in [2.24, 2.45) is 5.41 Å². The van der Waals surface area contributed by atoms with Gasteiger partial charge in [-0.1, -0.05) is 0 Å². The first kappa shape index (κ1) is 17.0. The average molecular weight is 335 g/mol. The molecule has 0 bridgehead atoms. The highest BCUT2D eigenvalue weighted by atomic mass is 16.7. The van der Waals surface area contributed by atoms with Crippen LogP contribution >= 0.6 is 0 Å². The van der Waals surface area contributed by atoms with Crippen molar-refractivity contribution < 1.29 is 24.1 Å². The molecule has 0 aromatic heterocycles. The van der Waals surface area contributed by atoms with Crippen LogP contribution in [0.4, 0.5) is 0 Å². The Morgan fingerprint density at radius 3 is 2.83 bits per heavy atom. The Kier molecular flexibility index (Phi) is 4.96. The molecule has 0 spiro atoms. The summed E-state index contributed by atoms with van der Waals surface area (Å²) in [4.78, 5) is 14.1. The molecule has 6 nitrogen and oxygen atoms in total. The van der Waals surface area contributed by atoms with Crippen LogP contribution in [-0.4, -0.2) is 49.6 Å². The lowest BCUT2D eigenvalue weighted by atomic mass is 9.77. The summed E-state index contributed by atoms with van der Waals surface area (Å²) in [6.07, 6.45) is 2.15. The zero-order valence-corrected chi connectivity index (χ0v) is 14.3. The third kappa shape index (κ3) is 3.35. The van der Waals surface area contributed by atoms with Gasteiger partial charge in [0.2, 0.25) is 6.79 Å². The molecule has 0 amide bonds. The van der Waals surface area contributed by atoms with Gasteiger partial charge in [-0.15, -0.1) is 0 Å². The number of carboxylic acids is 1. The second kappa shape index (κ2) is 6.99. The van der Waals surface area contributed by atoms with Crippen molar-refractivity contribution >= 4 is 5.97 Å². The van der Waals surface area contributed by atoms with Crippen LogP contribution in [0.2, 0.25) is 0 Å². The van der Waals surface area contributed by atoms with Crippen LogP contribution in [0.1, 0.15) is 30.4 Å². The average Bonchev–Trinajstić information content (AvgIpc) is 3.00. The van der Waals surface area contributed by atoms with Crippen molar-refractivity contribution in [1.29, 1.82) is 0 Å². The Hall–Kier alpha value is -1.79. The van der Waals surface area contributed by atoms with Gasteiger partial charge in [-0.25, -0.2) is 0 Å². The van der Waals surface area contributed by atoms with Gasteiger partial charge in [0.05, 0.1) is 5.41 Å². The summed E-state index contributed by atoms with van der Waals surface area (Å²) in [5.41, 5.74) is 1.59. The molecule has 1 aromatic carbocycles. The Balaban J connectivity index is 1.74. The smallest absolute Gasteiger partial charge is 0.311 e. The van der Waals surface area contributed by atoms with Crippen LogP contribution < -0.4 is 9.47 Å². The third-order valence-electron chi connectivity index (χ3n) is 5.12. The number of aryl methyl sites for hydroxylation is 1. The number of ether oxygens (including phenoxy) is 3. The molecule has 1 aromatic rings. The Morgan fingerprint density at radius 1 is 1.38 bits per heavy atom. The Morgan fingerprint density at radius 2 is 2.12 bits per heavy atom. The third-order valence-corrected chi connectivity index (χ3v) is 5.12. The first-order valence-corrected chi connectivity index (χ1v) is 8.38. The van der Waals surface area contributed by atoms with E-state index < -0.39 is 11.4 Å². The topological polar surface area (TPSA) is 68.2 Å². The molecule has 1 fully saturated rings. The zero-order chi connectivity index (χ0) is 17.2. The van der Waals surface area contributed by atoms with E-state index in [1.807, 2.05) is 12.1 Å². The Labute approximate surface area is 142 Å². The largest absolute Gasteiger partial charge is 0.481 e. The van der Waals surface area contributed by atoms with Gasteiger partial charge in [-0.2, -0.15) is 0 Å². The highest BCUT2D eigenvalue weighted by molar-refractivity contribution is 5.75. The van der Waals surface area contributed by atoms with Crippen LogP contribution in [0.5, 0.6) is 11.5 Å². The van der Waals surface area contributed by atoms with Crippen LogP contribution in [0, 0.1) is 12.3 Å². The van der Waals surface area contributed by atoms with E-state index in [4.69, 9.17) is 14.2 Å². The normalized spacial score (nSPS) is 23.4. The van der Waals surface area contributed by atoms with E-state index >= 15 is 0 Å². The molecule has 6 heteroatoms. The number of fused-ring (bicyclic) bond motifs is 1. The van der Waals surface area contributed by atoms with Crippen LogP contribution in [0.3, 0.4) is 0 Å². The summed E-state index contributed by atoms with van der Waals surface area (Å²) in [5, 5.41) is 9.76. The highest BCUT2D eigenvalue weighted by Gasteiger charge is 2.42. The fourth-order valence-corrected chi connectivity index (χ4v) is 3.64. The Bertz CT molecular complexity index is 618. The molecule has 2 aliphatic rings. The lowest BCUT2D eigenvalue weighted by molar-refractivity contribution is -0.154. The van der Waals surface area contributed by atoms with Crippen molar-refractivity contribution in [2.45, 2.75) is 32.7 Å². The van der Waals surface area contributed by atoms with Gasteiger partial charge in [-0.05, 0) is 56.0 Å². The van der Waals surface area contributed by atoms with E-state index in [0.717, 1.165) is 42.1 Å². The van der Waals surface area contributed by atoms with Gasteiger partial charge in [0.15, 0.2) is 11.5 Å². The van der Waals surface area contributed by atoms with E-state index in [2.05, 4.69) is 11.8 Å². The van der Waals surface area contributed by atoms with Crippen LogP contribution in [0.25, 0.3) is 0 Å². The lowest BCUT2D eigenvalue weighted by Crippen LogP contribution is -2.48. The van der Waals surface area contributed by atoms with Crippen molar-refractivity contribution in [3.63, 3.8) is 0 Å². The summed E-state index contributed by atoms with van der Waals surface area (Å²) in [6.45, 7) is 4.99. The number of likely N-dealkylation sites (tertiary alicyclic amines) is 1.